The largest absolute Gasteiger partial charge is 1.00 e. The van der Waals surface area contributed by atoms with Crippen LogP contribution in [0, 0.1) is 0 Å². The third-order valence-corrected chi connectivity index (χ3v) is 0.532. The van der Waals surface area contributed by atoms with Gasteiger partial charge in [0.1, 0.15) is 0 Å². The molecule has 0 aromatic heterocycles. The molecule has 0 rings (SSSR count). The Kier molecular flexibility index (Phi) is 80.8. The molecule has 0 aromatic rings. The topological polar surface area (TPSA) is 9.23 Å². The molecule has 0 aliphatic carbocycles. The molecule has 0 bridgehead atoms. The first-order valence-electron chi connectivity index (χ1n) is 1.18. The first-order valence-corrected chi connectivity index (χ1v) is 1.75. The van der Waals surface area contributed by atoms with Gasteiger partial charge in [0.05, 0.1) is 0 Å². The summed E-state index contributed by atoms with van der Waals surface area (Å²) < 4.78 is 4.48. The summed E-state index contributed by atoms with van der Waals surface area (Å²) in [5, 5.41) is 0. The van der Waals surface area contributed by atoms with Crippen molar-refractivity contribution in [2.45, 2.75) is 6.92 Å². The van der Waals surface area contributed by atoms with Crippen molar-refractivity contribution in [3.05, 3.63) is 0 Å². The van der Waals surface area contributed by atoms with Crippen LogP contribution in [0.25, 0.3) is 0 Å². The minimum Gasteiger partial charge on any atom is -1.00 e. The van der Waals surface area contributed by atoms with Gasteiger partial charge in [0.25, 0.3) is 0 Å². The molecule has 45 valence electrons. The van der Waals surface area contributed by atoms with E-state index in [4.69, 9.17) is 0 Å². The van der Waals surface area contributed by atoms with E-state index in [0.29, 0.717) is 0 Å². The smallest absolute Gasteiger partial charge is 1.00 e. The summed E-state index contributed by atoms with van der Waals surface area (Å²) in [6.45, 7) is 2.73. The number of hydrogen-bond acceptors (Lipinski definition) is 1. The Hall–Kier alpha value is 1.98. The second-order valence-corrected chi connectivity index (χ2v) is 0.821. The van der Waals surface area contributed by atoms with Crippen LogP contribution in [0.3, 0.4) is 0 Å². The molecule has 5 heteroatoms. The summed E-state index contributed by atoms with van der Waals surface area (Å²) in [5.41, 5.74) is 0. The molecule has 0 saturated heterocycles. The van der Waals surface area contributed by atoms with E-state index in [9.17, 15) is 0 Å². The molecule has 0 aliphatic rings. The van der Waals surface area contributed by atoms with Crippen molar-refractivity contribution >= 4 is 0 Å². The first kappa shape index (κ1) is 23.1. The van der Waals surface area contributed by atoms with E-state index in [-0.39, 0.29) is 50.9 Å². The molecule has 0 heterocycles. The summed E-state index contributed by atoms with van der Waals surface area (Å²) in [6.07, 6.45) is 0. The van der Waals surface area contributed by atoms with Crippen molar-refractivity contribution in [3.63, 3.8) is 0 Å². The van der Waals surface area contributed by atoms with E-state index in [1.807, 2.05) is 24.7 Å². The van der Waals surface area contributed by atoms with E-state index in [1.165, 1.54) is 0 Å². The van der Waals surface area contributed by atoms with E-state index in [0.717, 1.165) is 6.61 Å². The van der Waals surface area contributed by atoms with Gasteiger partial charge in [-0.15, -0.1) is 0 Å². The number of halogens is 3. The average Bonchev–Trinajstić information content (AvgIpc) is 1.37. The van der Waals surface area contributed by atoms with E-state index >= 15 is 0 Å². The summed E-state index contributed by atoms with van der Waals surface area (Å²) >= 11 is 2.04. The molecular formula is C2H5Br3OV. The number of rotatable bonds is 1. The van der Waals surface area contributed by atoms with Gasteiger partial charge in [-0.3, -0.25) is 0 Å². The molecule has 0 amide bonds. The molecule has 7 heavy (non-hydrogen) atoms. The molecule has 0 aromatic carbocycles. The summed E-state index contributed by atoms with van der Waals surface area (Å²) in [7, 11) is 0. The summed E-state index contributed by atoms with van der Waals surface area (Å²) in [4.78, 5) is 0. The quantitative estimate of drug-likeness (QED) is 0.463. The minimum atomic E-state index is 0. The predicted molar refractivity (Wildman–Crippen MR) is 11.6 cm³/mol. The van der Waals surface area contributed by atoms with Crippen LogP contribution in [-0.2, 0) is 21.4 Å². The number of hydrogen-bond donors (Lipinski definition) is 0. The van der Waals surface area contributed by atoms with Crippen LogP contribution in [0.5, 0.6) is 0 Å². The maximum Gasteiger partial charge on any atom is -1.00 e. The van der Waals surface area contributed by atoms with Crippen molar-refractivity contribution in [3.8, 4) is 0 Å². The fraction of sp³-hybridized carbons (Fsp3) is 1.00. The molecule has 0 unspecified atom stereocenters. The van der Waals surface area contributed by atoms with Gasteiger partial charge in [-0.2, -0.15) is 0 Å². The van der Waals surface area contributed by atoms with Crippen LogP contribution in [0.4, 0.5) is 0 Å². The Morgan fingerprint density at radius 2 is 1.43 bits per heavy atom. The molecule has 0 aliphatic heterocycles. The second kappa shape index (κ2) is 24.5. The standard InChI is InChI=1S/C2H5O.3BrH.V/c1-2-3;;;;/h2H2,1H3;3*1H;/q-1;;;;+4/p-3. The zero-order chi connectivity index (χ0) is 3.41. The fourth-order valence-electron chi connectivity index (χ4n) is 0. The van der Waals surface area contributed by atoms with Gasteiger partial charge in [0.15, 0.2) is 0 Å². The van der Waals surface area contributed by atoms with Gasteiger partial charge >= 0.3 is 35.0 Å². The Labute approximate surface area is 85.2 Å². The van der Waals surface area contributed by atoms with Crippen molar-refractivity contribution in [1.29, 1.82) is 0 Å². The first-order chi connectivity index (χ1) is 1.91. The normalized spacial score (nSPS) is 4.43. The van der Waals surface area contributed by atoms with Gasteiger partial charge in [0.2, 0.25) is 0 Å². The summed E-state index contributed by atoms with van der Waals surface area (Å²) in [6, 6.07) is 0. The molecule has 1 nitrogen and oxygen atoms in total. The van der Waals surface area contributed by atoms with Gasteiger partial charge < -0.3 is 50.9 Å². The molecular weight excluding hydrogens is 331 g/mol. The van der Waals surface area contributed by atoms with Gasteiger partial charge in [-0.25, -0.2) is 0 Å². The summed E-state index contributed by atoms with van der Waals surface area (Å²) in [5.74, 6) is 0. The third-order valence-electron chi connectivity index (χ3n) is 0.129. The second-order valence-electron chi connectivity index (χ2n) is 0.418. The van der Waals surface area contributed by atoms with Crippen LogP contribution >= 0.6 is 0 Å². The average molecular weight is 336 g/mol. The fourth-order valence-corrected chi connectivity index (χ4v) is 0. The Morgan fingerprint density at radius 3 is 1.43 bits per heavy atom. The molecule has 0 spiro atoms. The zero-order valence-electron chi connectivity index (χ0n) is 3.70. The molecule has 0 N–H and O–H groups in total. The van der Waals surface area contributed by atoms with Gasteiger partial charge in [0, 0.05) is 0 Å². The maximum atomic E-state index is 4.48. The maximum absolute atomic E-state index is 4.48. The van der Waals surface area contributed by atoms with E-state index in [1.54, 1.807) is 0 Å². The predicted octanol–water partition coefficient (Wildman–Crippen LogP) is -8.50. The van der Waals surface area contributed by atoms with Crippen LogP contribution < -0.4 is 50.9 Å². The van der Waals surface area contributed by atoms with E-state index in [2.05, 4.69) is 3.66 Å². The molecule has 0 atom stereocenters. The zero-order valence-corrected chi connectivity index (χ0v) is 9.85. The Morgan fingerprint density at radius 1 is 1.29 bits per heavy atom. The van der Waals surface area contributed by atoms with Crippen molar-refractivity contribution in [1.82, 2.24) is 0 Å². The van der Waals surface area contributed by atoms with Crippen LogP contribution in [0.2, 0.25) is 0 Å². The third kappa shape index (κ3) is 32.1. The van der Waals surface area contributed by atoms with E-state index < -0.39 is 0 Å². The SMILES string of the molecule is CC[O][V+3].[Br-].[Br-].[Br-]. The molecule has 0 radical (unpaired) electrons. The van der Waals surface area contributed by atoms with Crippen LogP contribution in [0.1, 0.15) is 6.92 Å². The Balaban J connectivity index is -0.0000000150. The van der Waals surface area contributed by atoms with Gasteiger partial charge in [-0.05, 0) is 0 Å². The van der Waals surface area contributed by atoms with Crippen molar-refractivity contribution in [2.75, 3.05) is 6.61 Å². The van der Waals surface area contributed by atoms with Gasteiger partial charge in [-0.1, -0.05) is 0 Å². The van der Waals surface area contributed by atoms with Crippen molar-refractivity contribution in [2.24, 2.45) is 0 Å². The minimum absolute atomic E-state index is 0. The monoisotopic (exact) mass is 333 g/mol. The van der Waals surface area contributed by atoms with Crippen LogP contribution in [0.15, 0.2) is 0 Å². The molecule has 0 saturated carbocycles. The Bertz CT molecular complexity index is 14.9. The molecule has 0 fully saturated rings. The van der Waals surface area contributed by atoms with Crippen LogP contribution in [-0.4, -0.2) is 6.61 Å². The van der Waals surface area contributed by atoms with Crippen molar-refractivity contribution < 1.29 is 72.4 Å².